The lowest BCUT2D eigenvalue weighted by atomic mass is 10.2. The maximum absolute atomic E-state index is 10.8. The van der Waals surface area contributed by atoms with E-state index < -0.39 is 0 Å². The standard InChI is InChI=1S/C14H16O3/c1-3-5-9-17-14-10-13(16-8-4-2)7-6-12(14)11-15/h6-7,10-11H,4,8-9H2,1-2H3. The van der Waals surface area contributed by atoms with Crippen LogP contribution in [0.1, 0.15) is 30.6 Å². The Hall–Kier alpha value is -1.95. The first kappa shape index (κ1) is 13.1. The summed E-state index contributed by atoms with van der Waals surface area (Å²) in [5.74, 6) is 6.73. The van der Waals surface area contributed by atoms with Crippen molar-refractivity contribution in [3.05, 3.63) is 23.8 Å². The number of benzene rings is 1. The van der Waals surface area contributed by atoms with Crippen molar-refractivity contribution in [2.45, 2.75) is 20.3 Å². The summed E-state index contributed by atoms with van der Waals surface area (Å²) >= 11 is 0. The van der Waals surface area contributed by atoms with E-state index in [1.807, 2.05) is 6.92 Å². The van der Waals surface area contributed by atoms with Crippen LogP contribution in [0, 0.1) is 11.8 Å². The zero-order valence-corrected chi connectivity index (χ0v) is 10.2. The van der Waals surface area contributed by atoms with Gasteiger partial charge < -0.3 is 9.47 Å². The van der Waals surface area contributed by atoms with Gasteiger partial charge in [0.1, 0.15) is 18.1 Å². The monoisotopic (exact) mass is 232 g/mol. The molecule has 1 aromatic rings. The highest BCUT2D eigenvalue weighted by molar-refractivity contribution is 5.79. The molecule has 3 nitrogen and oxygen atoms in total. The highest BCUT2D eigenvalue weighted by Gasteiger charge is 2.04. The van der Waals surface area contributed by atoms with Gasteiger partial charge in [0.15, 0.2) is 6.29 Å². The Morgan fingerprint density at radius 3 is 2.82 bits per heavy atom. The van der Waals surface area contributed by atoms with Crippen LogP contribution >= 0.6 is 0 Å². The molecule has 0 unspecified atom stereocenters. The first-order valence-electron chi connectivity index (χ1n) is 5.56. The minimum absolute atomic E-state index is 0.272. The van der Waals surface area contributed by atoms with E-state index >= 15 is 0 Å². The SMILES string of the molecule is CC#CCOc1cc(OCCC)ccc1C=O. The predicted octanol–water partition coefficient (Wildman–Crippen LogP) is 2.69. The Bertz CT molecular complexity index is 427. The second-order valence-electron chi connectivity index (χ2n) is 3.38. The molecule has 17 heavy (non-hydrogen) atoms. The first-order chi connectivity index (χ1) is 8.31. The van der Waals surface area contributed by atoms with Crippen LogP contribution in [0.4, 0.5) is 0 Å². The Labute approximate surface area is 102 Å². The molecule has 1 rings (SSSR count). The maximum Gasteiger partial charge on any atom is 0.153 e. The van der Waals surface area contributed by atoms with Crippen molar-refractivity contribution in [1.29, 1.82) is 0 Å². The number of hydrogen-bond donors (Lipinski definition) is 0. The van der Waals surface area contributed by atoms with Crippen molar-refractivity contribution in [1.82, 2.24) is 0 Å². The van der Waals surface area contributed by atoms with Crippen LogP contribution in [0.3, 0.4) is 0 Å². The smallest absolute Gasteiger partial charge is 0.153 e. The molecule has 0 saturated carbocycles. The van der Waals surface area contributed by atoms with Gasteiger partial charge in [0, 0.05) is 6.07 Å². The van der Waals surface area contributed by atoms with Gasteiger partial charge in [-0.25, -0.2) is 0 Å². The van der Waals surface area contributed by atoms with Crippen molar-refractivity contribution in [3.63, 3.8) is 0 Å². The van der Waals surface area contributed by atoms with Crippen LogP contribution in [0.5, 0.6) is 11.5 Å². The van der Waals surface area contributed by atoms with E-state index in [2.05, 4.69) is 11.8 Å². The molecule has 0 aliphatic carbocycles. The Morgan fingerprint density at radius 2 is 2.18 bits per heavy atom. The van der Waals surface area contributed by atoms with Crippen LogP contribution < -0.4 is 9.47 Å². The average molecular weight is 232 g/mol. The number of hydrogen-bond acceptors (Lipinski definition) is 3. The number of aldehydes is 1. The number of carbonyl (C=O) groups excluding carboxylic acids is 1. The Balaban J connectivity index is 2.80. The molecule has 0 aromatic heterocycles. The van der Waals surface area contributed by atoms with Crippen molar-refractivity contribution in [2.24, 2.45) is 0 Å². The summed E-state index contributed by atoms with van der Waals surface area (Å²) in [4.78, 5) is 10.8. The van der Waals surface area contributed by atoms with Gasteiger partial charge in [-0.05, 0) is 25.5 Å². The van der Waals surface area contributed by atoms with E-state index in [0.717, 1.165) is 12.7 Å². The van der Waals surface area contributed by atoms with Crippen molar-refractivity contribution in [2.75, 3.05) is 13.2 Å². The highest BCUT2D eigenvalue weighted by Crippen LogP contribution is 2.23. The summed E-state index contributed by atoms with van der Waals surface area (Å²) < 4.78 is 10.9. The second kappa shape index (κ2) is 7.34. The largest absolute Gasteiger partial charge is 0.493 e. The lowest BCUT2D eigenvalue weighted by Crippen LogP contribution is -2.00. The zero-order chi connectivity index (χ0) is 12.5. The van der Waals surface area contributed by atoms with Gasteiger partial charge in [0.2, 0.25) is 0 Å². The van der Waals surface area contributed by atoms with Crippen LogP contribution in [0.2, 0.25) is 0 Å². The average Bonchev–Trinajstić information content (AvgIpc) is 2.37. The number of carbonyl (C=O) groups is 1. The first-order valence-corrected chi connectivity index (χ1v) is 5.56. The lowest BCUT2D eigenvalue weighted by molar-refractivity contribution is 0.112. The highest BCUT2D eigenvalue weighted by atomic mass is 16.5. The molecule has 0 aliphatic heterocycles. The fraction of sp³-hybridized carbons (Fsp3) is 0.357. The van der Waals surface area contributed by atoms with Gasteiger partial charge in [-0.1, -0.05) is 12.8 Å². The minimum Gasteiger partial charge on any atom is -0.493 e. The van der Waals surface area contributed by atoms with E-state index in [9.17, 15) is 4.79 Å². The molecule has 0 fully saturated rings. The third-order valence-electron chi connectivity index (χ3n) is 2.06. The maximum atomic E-state index is 10.8. The predicted molar refractivity (Wildman–Crippen MR) is 66.6 cm³/mol. The van der Waals surface area contributed by atoms with Crippen molar-refractivity contribution in [3.8, 4) is 23.3 Å². The van der Waals surface area contributed by atoms with E-state index in [4.69, 9.17) is 9.47 Å². The van der Waals surface area contributed by atoms with E-state index in [-0.39, 0.29) is 6.61 Å². The van der Waals surface area contributed by atoms with Gasteiger partial charge in [-0.3, -0.25) is 4.79 Å². The molecule has 0 N–H and O–H groups in total. The van der Waals surface area contributed by atoms with E-state index in [0.29, 0.717) is 23.7 Å². The molecule has 0 spiro atoms. The van der Waals surface area contributed by atoms with E-state index in [1.54, 1.807) is 25.1 Å². The van der Waals surface area contributed by atoms with Crippen LogP contribution in [0.15, 0.2) is 18.2 Å². The molecule has 0 saturated heterocycles. The summed E-state index contributed by atoms with van der Waals surface area (Å²) in [7, 11) is 0. The zero-order valence-electron chi connectivity index (χ0n) is 10.2. The fourth-order valence-electron chi connectivity index (χ4n) is 1.23. The quantitative estimate of drug-likeness (QED) is 0.558. The Kier molecular flexibility index (Phi) is 5.67. The summed E-state index contributed by atoms with van der Waals surface area (Å²) in [6.07, 6.45) is 1.70. The van der Waals surface area contributed by atoms with Crippen molar-refractivity contribution < 1.29 is 14.3 Å². The van der Waals surface area contributed by atoms with E-state index in [1.165, 1.54) is 0 Å². The van der Waals surface area contributed by atoms with Gasteiger partial charge in [0.05, 0.1) is 12.2 Å². The Morgan fingerprint density at radius 1 is 1.35 bits per heavy atom. The second-order valence-corrected chi connectivity index (χ2v) is 3.38. The molecule has 0 heterocycles. The molecule has 0 atom stereocenters. The van der Waals surface area contributed by atoms with Crippen molar-refractivity contribution >= 4 is 6.29 Å². The van der Waals surface area contributed by atoms with Gasteiger partial charge >= 0.3 is 0 Å². The summed E-state index contributed by atoms with van der Waals surface area (Å²) in [6.45, 7) is 4.70. The summed E-state index contributed by atoms with van der Waals surface area (Å²) in [5, 5.41) is 0. The molecule has 90 valence electrons. The normalized spacial score (nSPS) is 9.06. The van der Waals surface area contributed by atoms with Crippen LogP contribution in [0.25, 0.3) is 0 Å². The fourth-order valence-corrected chi connectivity index (χ4v) is 1.23. The molecule has 0 bridgehead atoms. The molecule has 1 aromatic carbocycles. The third-order valence-corrected chi connectivity index (χ3v) is 2.06. The topological polar surface area (TPSA) is 35.5 Å². The molecule has 0 radical (unpaired) electrons. The molecule has 0 amide bonds. The molecular weight excluding hydrogens is 216 g/mol. The number of ether oxygens (including phenoxy) is 2. The molecule has 3 heteroatoms. The third kappa shape index (κ3) is 4.20. The minimum atomic E-state index is 0.272. The summed E-state index contributed by atoms with van der Waals surface area (Å²) in [5.41, 5.74) is 0.506. The summed E-state index contributed by atoms with van der Waals surface area (Å²) in [6, 6.07) is 5.17. The van der Waals surface area contributed by atoms with Crippen LogP contribution in [-0.2, 0) is 0 Å². The van der Waals surface area contributed by atoms with Gasteiger partial charge in [-0.2, -0.15) is 0 Å². The lowest BCUT2D eigenvalue weighted by Gasteiger charge is -2.09. The molecule has 0 aliphatic rings. The molecular formula is C14H16O3. The van der Waals surface area contributed by atoms with Crippen LogP contribution in [-0.4, -0.2) is 19.5 Å². The van der Waals surface area contributed by atoms with Gasteiger partial charge in [-0.15, -0.1) is 5.92 Å². The van der Waals surface area contributed by atoms with Gasteiger partial charge in [0.25, 0.3) is 0 Å². The number of rotatable bonds is 6.